The first-order valence-electron chi connectivity index (χ1n) is 6.67. The van der Waals surface area contributed by atoms with Gasteiger partial charge in [-0.1, -0.05) is 6.07 Å². The van der Waals surface area contributed by atoms with E-state index in [0.717, 1.165) is 18.7 Å². The Kier molecular flexibility index (Phi) is 4.66. The Bertz CT molecular complexity index is 584. The summed E-state index contributed by atoms with van der Waals surface area (Å²) in [6.07, 6.45) is 4.17. The Morgan fingerprint density at radius 1 is 1.20 bits per heavy atom. The highest BCUT2D eigenvalue weighted by atomic mass is 79.9. The van der Waals surface area contributed by atoms with E-state index >= 15 is 0 Å². The van der Waals surface area contributed by atoms with E-state index in [0.29, 0.717) is 4.47 Å². The second-order valence-corrected chi connectivity index (χ2v) is 6.90. The van der Waals surface area contributed by atoms with E-state index in [1.54, 1.807) is 0 Å². The molecular weight excluding hydrogens is 319 g/mol. The second kappa shape index (κ2) is 6.10. The van der Waals surface area contributed by atoms with Gasteiger partial charge < -0.3 is 9.88 Å². The maximum Gasteiger partial charge on any atom is 0.137 e. The topological polar surface area (TPSA) is 17.0 Å². The van der Waals surface area contributed by atoms with Crippen LogP contribution in [0.3, 0.4) is 0 Å². The van der Waals surface area contributed by atoms with Crippen LogP contribution in [0.25, 0.3) is 0 Å². The van der Waals surface area contributed by atoms with Crippen LogP contribution in [0.5, 0.6) is 0 Å². The lowest BCUT2D eigenvalue weighted by Gasteiger charge is -2.19. The molecule has 1 aromatic heterocycles. The van der Waals surface area contributed by atoms with Crippen molar-refractivity contribution in [3.63, 3.8) is 0 Å². The summed E-state index contributed by atoms with van der Waals surface area (Å²) >= 11 is 3.22. The van der Waals surface area contributed by atoms with E-state index < -0.39 is 0 Å². The van der Waals surface area contributed by atoms with Gasteiger partial charge in [0, 0.05) is 31.0 Å². The van der Waals surface area contributed by atoms with Crippen LogP contribution in [0.1, 0.15) is 31.9 Å². The third-order valence-corrected chi connectivity index (χ3v) is 3.59. The fourth-order valence-electron chi connectivity index (χ4n) is 1.91. The predicted molar refractivity (Wildman–Crippen MR) is 84.2 cm³/mol. The number of benzene rings is 1. The van der Waals surface area contributed by atoms with Crippen molar-refractivity contribution in [2.75, 3.05) is 0 Å². The lowest BCUT2D eigenvalue weighted by Crippen LogP contribution is -2.34. The zero-order chi connectivity index (χ0) is 14.8. The van der Waals surface area contributed by atoms with Crippen LogP contribution in [0, 0.1) is 5.82 Å². The van der Waals surface area contributed by atoms with Gasteiger partial charge in [-0.15, -0.1) is 0 Å². The molecule has 2 nitrogen and oxygen atoms in total. The standard InChI is InChI=1S/C16H20BrFN2/c1-16(2,3)19-9-13-6-7-20(11-13)10-12-4-5-15(18)14(17)8-12/h4-8,11,19H,9-10H2,1-3H3. The van der Waals surface area contributed by atoms with Crippen molar-refractivity contribution in [1.82, 2.24) is 9.88 Å². The molecule has 0 saturated heterocycles. The van der Waals surface area contributed by atoms with Crippen molar-refractivity contribution >= 4 is 15.9 Å². The molecule has 1 heterocycles. The van der Waals surface area contributed by atoms with E-state index in [1.807, 2.05) is 12.1 Å². The van der Waals surface area contributed by atoms with Gasteiger partial charge in [0.25, 0.3) is 0 Å². The quantitative estimate of drug-likeness (QED) is 0.878. The zero-order valence-corrected chi connectivity index (χ0v) is 13.7. The third-order valence-electron chi connectivity index (χ3n) is 2.98. The van der Waals surface area contributed by atoms with Crippen LogP contribution in [-0.4, -0.2) is 10.1 Å². The summed E-state index contributed by atoms with van der Waals surface area (Å²) < 4.78 is 15.8. The van der Waals surface area contributed by atoms with Crippen LogP contribution in [-0.2, 0) is 13.1 Å². The highest BCUT2D eigenvalue weighted by molar-refractivity contribution is 9.10. The molecule has 0 aliphatic rings. The van der Waals surface area contributed by atoms with Gasteiger partial charge in [0.05, 0.1) is 4.47 Å². The molecule has 4 heteroatoms. The minimum Gasteiger partial charge on any atom is -0.350 e. The fourth-order valence-corrected chi connectivity index (χ4v) is 2.34. The van der Waals surface area contributed by atoms with Crippen molar-refractivity contribution < 1.29 is 4.39 Å². The number of nitrogens with one attached hydrogen (secondary N) is 1. The number of nitrogens with zero attached hydrogens (tertiary/aromatic N) is 1. The average molecular weight is 339 g/mol. The molecule has 0 aliphatic heterocycles. The van der Waals surface area contributed by atoms with Crippen molar-refractivity contribution in [1.29, 1.82) is 0 Å². The van der Waals surface area contributed by atoms with Gasteiger partial charge in [-0.2, -0.15) is 0 Å². The molecule has 2 rings (SSSR count). The highest BCUT2D eigenvalue weighted by Crippen LogP contribution is 2.18. The molecule has 1 aromatic carbocycles. The second-order valence-electron chi connectivity index (χ2n) is 6.04. The molecule has 0 radical (unpaired) electrons. The molecule has 0 unspecified atom stereocenters. The van der Waals surface area contributed by atoms with Gasteiger partial charge in [0.2, 0.25) is 0 Å². The molecule has 0 aliphatic carbocycles. The number of aromatic nitrogens is 1. The van der Waals surface area contributed by atoms with Gasteiger partial charge in [0.15, 0.2) is 0 Å². The van der Waals surface area contributed by atoms with Gasteiger partial charge in [0.1, 0.15) is 5.82 Å². The molecule has 0 atom stereocenters. The number of hydrogen-bond acceptors (Lipinski definition) is 1. The lowest BCUT2D eigenvalue weighted by molar-refractivity contribution is 0.424. The maximum absolute atomic E-state index is 13.2. The summed E-state index contributed by atoms with van der Waals surface area (Å²) in [4.78, 5) is 0. The SMILES string of the molecule is CC(C)(C)NCc1ccn(Cc2ccc(F)c(Br)c2)c1. The Hall–Kier alpha value is -1.13. The number of halogens is 2. The van der Waals surface area contributed by atoms with Crippen LogP contribution in [0.2, 0.25) is 0 Å². The largest absolute Gasteiger partial charge is 0.350 e. The van der Waals surface area contributed by atoms with Crippen molar-refractivity contribution in [3.8, 4) is 0 Å². The first-order valence-corrected chi connectivity index (χ1v) is 7.46. The molecule has 1 N–H and O–H groups in total. The first-order chi connectivity index (χ1) is 9.33. The number of rotatable bonds is 4. The molecule has 0 amide bonds. The summed E-state index contributed by atoms with van der Waals surface area (Å²) in [5.41, 5.74) is 2.44. The minimum absolute atomic E-state index is 0.115. The van der Waals surface area contributed by atoms with Crippen molar-refractivity contribution in [3.05, 3.63) is 58.1 Å². The first kappa shape index (κ1) is 15.3. The van der Waals surface area contributed by atoms with E-state index in [-0.39, 0.29) is 11.4 Å². The van der Waals surface area contributed by atoms with E-state index in [4.69, 9.17) is 0 Å². The summed E-state index contributed by atoms with van der Waals surface area (Å²) in [5, 5.41) is 3.46. The molecule has 0 spiro atoms. The molecule has 108 valence electrons. The minimum atomic E-state index is -0.226. The van der Waals surface area contributed by atoms with Crippen molar-refractivity contribution in [2.45, 2.75) is 39.4 Å². The zero-order valence-electron chi connectivity index (χ0n) is 12.1. The summed E-state index contributed by atoms with van der Waals surface area (Å²) in [7, 11) is 0. The van der Waals surface area contributed by atoms with Crippen LogP contribution < -0.4 is 5.32 Å². The van der Waals surface area contributed by atoms with Gasteiger partial charge in [-0.05, 0) is 66.0 Å². The summed E-state index contributed by atoms with van der Waals surface area (Å²) in [6, 6.07) is 7.23. The molecular formula is C16H20BrFN2. The Balaban J connectivity index is 2.00. The monoisotopic (exact) mass is 338 g/mol. The van der Waals surface area contributed by atoms with Gasteiger partial charge >= 0.3 is 0 Å². The van der Waals surface area contributed by atoms with Crippen LogP contribution in [0.15, 0.2) is 41.1 Å². The van der Waals surface area contributed by atoms with E-state index in [1.165, 1.54) is 11.6 Å². The highest BCUT2D eigenvalue weighted by Gasteiger charge is 2.09. The van der Waals surface area contributed by atoms with Gasteiger partial charge in [-0.3, -0.25) is 0 Å². The number of hydrogen-bond donors (Lipinski definition) is 1. The van der Waals surface area contributed by atoms with E-state index in [9.17, 15) is 4.39 Å². The Morgan fingerprint density at radius 3 is 2.60 bits per heavy atom. The van der Waals surface area contributed by atoms with E-state index in [2.05, 4.69) is 65.0 Å². The molecule has 0 bridgehead atoms. The summed E-state index contributed by atoms with van der Waals surface area (Å²) in [6.45, 7) is 8.05. The van der Waals surface area contributed by atoms with Crippen LogP contribution >= 0.6 is 15.9 Å². The van der Waals surface area contributed by atoms with Gasteiger partial charge in [-0.25, -0.2) is 4.39 Å². The predicted octanol–water partition coefficient (Wildman–Crippen LogP) is 4.33. The third kappa shape index (κ3) is 4.46. The maximum atomic E-state index is 13.2. The lowest BCUT2D eigenvalue weighted by atomic mass is 10.1. The molecule has 20 heavy (non-hydrogen) atoms. The normalized spacial score (nSPS) is 11.8. The molecule has 0 fully saturated rings. The van der Waals surface area contributed by atoms with Crippen molar-refractivity contribution in [2.24, 2.45) is 0 Å². The summed E-state index contributed by atoms with van der Waals surface area (Å²) in [5.74, 6) is -0.226. The van der Waals surface area contributed by atoms with Crippen LogP contribution in [0.4, 0.5) is 4.39 Å². The average Bonchev–Trinajstić information content (AvgIpc) is 2.78. The fraction of sp³-hybridized carbons (Fsp3) is 0.375. The smallest absolute Gasteiger partial charge is 0.137 e. The Morgan fingerprint density at radius 2 is 1.95 bits per heavy atom. The molecule has 0 saturated carbocycles. The Labute approximate surface area is 128 Å². The molecule has 2 aromatic rings.